The van der Waals surface area contributed by atoms with E-state index in [1.165, 1.54) is 0 Å². The largest absolute Gasteiger partial charge is 0.482 e. The number of para-hydroxylation sites is 1. The molecule has 0 saturated carbocycles. The van der Waals surface area contributed by atoms with Gasteiger partial charge in [-0.3, -0.25) is 9.78 Å². The van der Waals surface area contributed by atoms with E-state index in [9.17, 15) is 4.79 Å². The van der Waals surface area contributed by atoms with Crippen LogP contribution in [0.5, 0.6) is 5.75 Å². The maximum atomic E-state index is 12.1. The van der Waals surface area contributed by atoms with Crippen molar-refractivity contribution in [3.63, 3.8) is 0 Å². The first-order chi connectivity index (χ1) is 13.2. The molecule has 0 aliphatic heterocycles. The fourth-order valence-corrected chi connectivity index (χ4v) is 2.40. The van der Waals surface area contributed by atoms with E-state index in [0.717, 1.165) is 11.3 Å². The van der Waals surface area contributed by atoms with Gasteiger partial charge in [0.1, 0.15) is 11.8 Å². The van der Waals surface area contributed by atoms with E-state index >= 15 is 0 Å². The Hall–Kier alpha value is -3.91. The third kappa shape index (κ3) is 5.28. The van der Waals surface area contributed by atoms with Gasteiger partial charge in [-0.25, -0.2) is 0 Å². The summed E-state index contributed by atoms with van der Waals surface area (Å²) in [5.41, 5.74) is 2.86. The molecule has 132 valence electrons. The minimum Gasteiger partial charge on any atom is -0.482 e. The summed E-state index contributed by atoms with van der Waals surface area (Å²) in [6.07, 6.45) is 5.57. The van der Waals surface area contributed by atoms with Gasteiger partial charge in [0.05, 0.1) is 11.3 Å². The zero-order valence-electron chi connectivity index (χ0n) is 14.5. The minimum atomic E-state index is -0.298. The SMILES string of the molecule is N#Cc1ccccc1OCC(=O)Nc1cccc(C=Cc2ccccn2)c1. The van der Waals surface area contributed by atoms with Crippen LogP contribution in [0, 0.1) is 11.3 Å². The average Bonchev–Trinajstić information content (AvgIpc) is 2.72. The number of hydrogen-bond acceptors (Lipinski definition) is 4. The molecule has 0 bridgehead atoms. The van der Waals surface area contributed by atoms with Crippen LogP contribution in [0.3, 0.4) is 0 Å². The summed E-state index contributed by atoms with van der Waals surface area (Å²) in [6, 6.07) is 22.0. The van der Waals surface area contributed by atoms with Crippen LogP contribution < -0.4 is 10.1 Å². The van der Waals surface area contributed by atoms with Gasteiger partial charge in [0, 0.05) is 11.9 Å². The Morgan fingerprint density at radius 1 is 1.07 bits per heavy atom. The molecular formula is C22H17N3O2. The number of benzene rings is 2. The Kier molecular flexibility index (Phi) is 5.95. The number of nitriles is 1. The van der Waals surface area contributed by atoms with Crippen LogP contribution in [0.2, 0.25) is 0 Å². The monoisotopic (exact) mass is 355 g/mol. The maximum Gasteiger partial charge on any atom is 0.262 e. The van der Waals surface area contributed by atoms with Crippen molar-refractivity contribution < 1.29 is 9.53 Å². The molecule has 0 fully saturated rings. The highest BCUT2D eigenvalue weighted by Gasteiger charge is 2.07. The molecule has 1 amide bonds. The van der Waals surface area contributed by atoms with Gasteiger partial charge >= 0.3 is 0 Å². The molecule has 0 unspecified atom stereocenters. The summed E-state index contributed by atoms with van der Waals surface area (Å²) in [6.45, 7) is -0.174. The van der Waals surface area contributed by atoms with Gasteiger partial charge in [0.15, 0.2) is 6.61 Å². The number of aromatic nitrogens is 1. The summed E-state index contributed by atoms with van der Waals surface area (Å²) in [5, 5.41) is 11.8. The first kappa shape index (κ1) is 17.9. The van der Waals surface area contributed by atoms with E-state index in [1.807, 2.05) is 54.6 Å². The highest BCUT2D eigenvalue weighted by molar-refractivity contribution is 5.92. The summed E-state index contributed by atoms with van der Waals surface area (Å²) < 4.78 is 5.44. The molecule has 1 heterocycles. The van der Waals surface area contributed by atoms with Crippen LogP contribution in [0.15, 0.2) is 72.9 Å². The topological polar surface area (TPSA) is 75.0 Å². The summed E-state index contributed by atoms with van der Waals surface area (Å²) in [7, 11) is 0. The molecule has 27 heavy (non-hydrogen) atoms. The van der Waals surface area contributed by atoms with Crippen molar-refractivity contribution in [3.05, 3.63) is 89.7 Å². The number of nitrogens with one attached hydrogen (secondary N) is 1. The number of hydrogen-bond donors (Lipinski definition) is 1. The Labute approximate surface area is 157 Å². The van der Waals surface area contributed by atoms with Crippen LogP contribution in [0.4, 0.5) is 5.69 Å². The smallest absolute Gasteiger partial charge is 0.262 e. The molecule has 0 spiro atoms. The van der Waals surface area contributed by atoms with Gasteiger partial charge in [0.25, 0.3) is 5.91 Å². The Bertz CT molecular complexity index is 992. The van der Waals surface area contributed by atoms with Crippen LogP contribution in [0.25, 0.3) is 12.2 Å². The number of ether oxygens (including phenoxy) is 1. The van der Waals surface area contributed by atoms with Gasteiger partial charge in [0.2, 0.25) is 0 Å². The molecule has 0 radical (unpaired) electrons. The van der Waals surface area contributed by atoms with Crippen LogP contribution in [0.1, 0.15) is 16.8 Å². The molecule has 1 aromatic heterocycles. The van der Waals surface area contributed by atoms with Crippen molar-refractivity contribution in [2.75, 3.05) is 11.9 Å². The van der Waals surface area contributed by atoms with Crippen LogP contribution in [-0.4, -0.2) is 17.5 Å². The Balaban J connectivity index is 1.60. The van der Waals surface area contributed by atoms with Crippen molar-refractivity contribution in [1.82, 2.24) is 4.98 Å². The fourth-order valence-electron chi connectivity index (χ4n) is 2.40. The molecule has 3 aromatic rings. The number of pyridine rings is 1. The predicted molar refractivity (Wildman–Crippen MR) is 105 cm³/mol. The third-order valence-corrected chi connectivity index (χ3v) is 3.67. The quantitative estimate of drug-likeness (QED) is 0.721. The molecule has 0 atom stereocenters. The molecule has 1 N–H and O–H groups in total. The predicted octanol–water partition coefficient (Wildman–Crippen LogP) is 4.14. The fraction of sp³-hybridized carbons (Fsp3) is 0.0455. The standard InChI is InChI=1S/C22H17N3O2/c23-15-18-7-1-2-10-21(18)27-16-22(26)25-20-9-5-6-17(14-20)11-12-19-8-3-4-13-24-19/h1-14H,16H2,(H,25,26). The van der Waals surface area contributed by atoms with Crippen molar-refractivity contribution in [3.8, 4) is 11.8 Å². The molecule has 0 saturated heterocycles. The van der Waals surface area contributed by atoms with Crippen molar-refractivity contribution in [1.29, 1.82) is 5.26 Å². The van der Waals surface area contributed by atoms with Crippen molar-refractivity contribution in [2.24, 2.45) is 0 Å². The molecule has 3 rings (SSSR count). The zero-order chi connectivity index (χ0) is 18.9. The van der Waals surface area contributed by atoms with Crippen molar-refractivity contribution >= 4 is 23.7 Å². The second-order valence-electron chi connectivity index (χ2n) is 5.66. The van der Waals surface area contributed by atoms with E-state index in [4.69, 9.17) is 10.00 Å². The van der Waals surface area contributed by atoms with Crippen LogP contribution >= 0.6 is 0 Å². The number of anilines is 1. The van der Waals surface area contributed by atoms with E-state index in [0.29, 0.717) is 17.0 Å². The first-order valence-corrected chi connectivity index (χ1v) is 8.35. The summed E-state index contributed by atoms with van der Waals surface area (Å²) in [5.74, 6) is 0.0933. The van der Waals surface area contributed by atoms with Gasteiger partial charge in [-0.2, -0.15) is 5.26 Å². The molecule has 5 heteroatoms. The normalized spacial score (nSPS) is 10.3. The third-order valence-electron chi connectivity index (χ3n) is 3.67. The number of carbonyl (C=O) groups excluding carboxylic acids is 1. The second-order valence-corrected chi connectivity index (χ2v) is 5.66. The van der Waals surface area contributed by atoms with E-state index in [1.54, 1.807) is 36.5 Å². The Morgan fingerprint density at radius 2 is 1.93 bits per heavy atom. The molecule has 2 aromatic carbocycles. The Morgan fingerprint density at radius 3 is 2.74 bits per heavy atom. The van der Waals surface area contributed by atoms with Gasteiger partial charge in [-0.15, -0.1) is 0 Å². The van der Waals surface area contributed by atoms with E-state index in [2.05, 4.69) is 10.3 Å². The lowest BCUT2D eigenvalue weighted by Crippen LogP contribution is -2.20. The lowest BCUT2D eigenvalue weighted by molar-refractivity contribution is -0.118. The lowest BCUT2D eigenvalue weighted by atomic mass is 10.1. The molecular weight excluding hydrogens is 338 g/mol. The second kappa shape index (κ2) is 8.97. The molecule has 0 aliphatic rings. The van der Waals surface area contributed by atoms with Crippen molar-refractivity contribution in [2.45, 2.75) is 0 Å². The van der Waals surface area contributed by atoms with Gasteiger partial charge in [-0.05, 0) is 48.0 Å². The number of carbonyl (C=O) groups is 1. The maximum absolute atomic E-state index is 12.1. The highest BCUT2D eigenvalue weighted by Crippen LogP contribution is 2.17. The van der Waals surface area contributed by atoms with Gasteiger partial charge < -0.3 is 10.1 Å². The molecule has 0 aliphatic carbocycles. The van der Waals surface area contributed by atoms with E-state index < -0.39 is 0 Å². The van der Waals surface area contributed by atoms with Gasteiger partial charge in [-0.1, -0.05) is 36.4 Å². The highest BCUT2D eigenvalue weighted by atomic mass is 16.5. The summed E-state index contributed by atoms with van der Waals surface area (Å²) in [4.78, 5) is 16.4. The summed E-state index contributed by atoms with van der Waals surface area (Å²) >= 11 is 0. The first-order valence-electron chi connectivity index (χ1n) is 8.35. The lowest BCUT2D eigenvalue weighted by Gasteiger charge is -2.09. The average molecular weight is 355 g/mol. The molecule has 5 nitrogen and oxygen atoms in total. The minimum absolute atomic E-state index is 0.174. The van der Waals surface area contributed by atoms with E-state index in [-0.39, 0.29) is 12.5 Å². The number of nitrogens with zero attached hydrogens (tertiary/aromatic N) is 2. The zero-order valence-corrected chi connectivity index (χ0v) is 14.5. The van der Waals surface area contributed by atoms with Crippen LogP contribution in [-0.2, 0) is 4.79 Å². The number of rotatable bonds is 6. The number of amides is 1.